The largest absolute Gasteiger partial charge is 0.385 e. The molecule has 0 atom stereocenters. The third kappa shape index (κ3) is 11.8. The van der Waals surface area contributed by atoms with E-state index in [0.29, 0.717) is 13.2 Å². The summed E-state index contributed by atoms with van der Waals surface area (Å²) in [6.45, 7) is 4.92. The lowest BCUT2D eigenvalue weighted by molar-refractivity contribution is 0.0719. The fourth-order valence-electron chi connectivity index (χ4n) is 1.01. The summed E-state index contributed by atoms with van der Waals surface area (Å²) in [5, 5.41) is 3.30. The first-order valence-electron chi connectivity index (χ1n) is 5.18. The van der Waals surface area contributed by atoms with Crippen LogP contribution in [-0.4, -0.2) is 53.7 Å². The van der Waals surface area contributed by atoms with E-state index >= 15 is 0 Å². The zero-order valence-electron chi connectivity index (χ0n) is 9.38. The zero-order valence-corrected chi connectivity index (χ0v) is 9.38. The van der Waals surface area contributed by atoms with Crippen LogP contribution in [0, 0.1) is 0 Å². The average Bonchev–Trinajstić information content (AvgIpc) is 2.21. The average molecular weight is 205 g/mol. The van der Waals surface area contributed by atoms with Crippen molar-refractivity contribution in [2.24, 2.45) is 0 Å². The molecular formula is C10H23NO3. The van der Waals surface area contributed by atoms with Gasteiger partial charge in [0.2, 0.25) is 0 Å². The maximum absolute atomic E-state index is 5.29. The molecule has 0 saturated carbocycles. The quantitative estimate of drug-likeness (QED) is 0.503. The summed E-state index contributed by atoms with van der Waals surface area (Å²) in [5.41, 5.74) is 0. The molecule has 1 N–H and O–H groups in total. The number of unbranched alkanes of at least 4 members (excludes halogenated alkanes) is 1. The number of hydrogen-bond acceptors (Lipinski definition) is 4. The van der Waals surface area contributed by atoms with Crippen LogP contribution in [0.2, 0.25) is 0 Å². The lowest BCUT2D eigenvalue weighted by Crippen LogP contribution is -2.21. The lowest BCUT2D eigenvalue weighted by atomic mass is 10.3. The number of hydrogen-bond donors (Lipinski definition) is 1. The second kappa shape index (κ2) is 12.8. The number of rotatable bonds is 11. The first-order valence-corrected chi connectivity index (χ1v) is 5.18. The minimum Gasteiger partial charge on any atom is -0.385 e. The van der Waals surface area contributed by atoms with E-state index < -0.39 is 0 Å². The van der Waals surface area contributed by atoms with Crippen molar-refractivity contribution in [3.63, 3.8) is 0 Å². The van der Waals surface area contributed by atoms with Crippen LogP contribution in [0.4, 0.5) is 0 Å². The smallest absolute Gasteiger partial charge is 0.0700 e. The van der Waals surface area contributed by atoms with Gasteiger partial charge in [-0.2, -0.15) is 0 Å². The topological polar surface area (TPSA) is 39.7 Å². The van der Waals surface area contributed by atoms with Gasteiger partial charge in [-0.25, -0.2) is 0 Å². The molecule has 0 aromatic heterocycles. The molecule has 0 rings (SSSR count). The van der Waals surface area contributed by atoms with Crippen LogP contribution in [0.15, 0.2) is 0 Å². The van der Waals surface area contributed by atoms with Crippen molar-refractivity contribution in [2.75, 3.05) is 53.7 Å². The summed E-state index contributed by atoms with van der Waals surface area (Å²) < 4.78 is 15.1. The second-order valence-corrected chi connectivity index (χ2v) is 3.06. The van der Waals surface area contributed by atoms with Crippen LogP contribution in [-0.2, 0) is 14.2 Å². The minimum atomic E-state index is 0.674. The van der Waals surface area contributed by atoms with Crippen molar-refractivity contribution in [1.29, 1.82) is 0 Å². The van der Waals surface area contributed by atoms with Gasteiger partial charge < -0.3 is 19.5 Å². The van der Waals surface area contributed by atoms with E-state index in [9.17, 15) is 0 Å². The van der Waals surface area contributed by atoms with Crippen LogP contribution < -0.4 is 5.32 Å². The standard InChI is InChI=1S/C10H23NO3/c1-12-7-4-3-5-11-6-8-14-10-9-13-2/h11H,3-10H2,1-2H3. The maximum Gasteiger partial charge on any atom is 0.0700 e. The Morgan fingerprint density at radius 1 is 0.786 bits per heavy atom. The summed E-state index contributed by atoms with van der Waals surface area (Å²) in [7, 11) is 3.41. The van der Waals surface area contributed by atoms with E-state index in [1.54, 1.807) is 14.2 Å². The molecule has 4 nitrogen and oxygen atoms in total. The van der Waals surface area contributed by atoms with Gasteiger partial charge in [0.05, 0.1) is 19.8 Å². The van der Waals surface area contributed by atoms with Gasteiger partial charge in [0.15, 0.2) is 0 Å². The van der Waals surface area contributed by atoms with Crippen molar-refractivity contribution < 1.29 is 14.2 Å². The van der Waals surface area contributed by atoms with Crippen molar-refractivity contribution in [3.05, 3.63) is 0 Å². The predicted octanol–water partition coefficient (Wildman–Crippen LogP) is 0.666. The number of ether oxygens (including phenoxy) is 3. The third-order valence-corrected chi connectivity index (χ3v) is 1.81. The highest BCUT2D eigenvalue weighted by molar-refractivity contribution is 4.47. The molecular weight excluding hydrogens is 182 g/mol. The van der Waals surface area contributed by atoms with Crippen molar-refractivity contribution in [1.82, 2.24) is 5.32 Å². The van der Waals surface area contributed by atoms with Crippen LogP contribution in [0.25, 0.3) is 0 Å². The normalized spacial score (nSPS) is 10.7. The summed E-state index contributed by atoms with van der Waals surface area (Å²) in [6.07, 6.45) is 2.28. The molecule has 0 saturated heterocycles. The molecule has 0 amide bonds. The van der Waals surface area contributed by atoms with Crippen LogP contribution in [0.5, 0.6) is 0 Å². The first-order chi connectivity index (χ1) is 6.91. The molecule has 0 spiro atoms. The van der Waals surface area contributed by atoms with Gasteiger partial charge in [0.1, 0.15) is 0 Å². The molecule has 0 aliphatic rings. The predicted molar refractivity (Wildman–Crippen MR) is 56.7 cm³/mol. The molecule has 0 aliphatic carbocycles. The van der Waals surface area contributed by atoms with Gasteiger partial charge in [-0.15, -0.1) is 0 Å². The Labute approximate surface area is 86.9 Å². The fraction of sp³-hybridized carbons (Fsp3) is 1.00. The molecule has 86 valence electrons. The molecule has 0 aromatic rings. The maximum atomic E-state index is 5.29. The van der Waals surface area contributed by atoms with Crippen molar-refractivity contribution >= 4 is 0 Å². The van der Waals surface area contributed by atoms with Gasteiger partial charge >= 0.3 is 0 Å². The van der Waals surface area contributed by atoms with E-state index in [1.165, 1.54) is 0 Å². The molecule has 4 heteroatoms. The SMILES string of the molecule is COCCCCNCCOCCOC. The third-order valence-electron chi connectivity index (χ3n) is 1.81. The van der Waals surface area contributed by atoms with Crippen LogP contribution in [0.3, 0.4) is 0 Å². The Bertz CT molecular complexity index is 89.4. The van der Waals surface area contributed by atoms with Crippen LogP contribution in [0.1, 0.15) is 12.8 Å². The molecule has 0 unspecified atom stereocenters. The number of nitrogens with one attached hydrogen (secondary N) is 1. The molecule has 0 aromatic carbocycles. The molecule has 14 heavy (non-hydrogen) atoms. The first kappa shape index (κ1) is 13.8. The lowest BCUT2D eigenvalue weighted by Gasteiger charge is -2.05. The summed E-state index contributed by atoms with van der Waals surface area (Å²) in [4.78, 5) is 0. The second-order valence-electron chi connectivity index (χ2n) is 3.06. The Morgan fingerprint density at radius 2 is 1.57 bits per heavy atom. The number of methoxy groups -OCH3 is 2. The summed E-state index contributed by atoms with van der Waals surface area (Å²) >= 11 is 0. The Kier molecular flexibility index (Phi) is 12.7. The Balaban J connectivity index is 2.78. The molecule has 0 bridgehead atoms. The molecule has 0 radical (unpaired) electrons. The molecule has 0 fully saturated rings. The Hall–Kier alpha value is -0.160. The van der Waals surface area contributed by atoms with Gasteiger partial charge in [-0.1, -0.05) is 0 Å². The Morgan fingerprint density at radius 3 is 2.29 bits per heavy atom. The highest BCUT2D eigenvalue weighted by atomic mass is 16.5. The van der Waals surface area contributed by atoms with E-state index in [2.05, 4.69) is 5.32 Å². The monoisotopic (exact) mass is 205 g/mol. The molecule has 0 aliphatic heterocycles. The van der Waals surface area contributed by atoms with E-state index in [-0.39, 0.29) is 0 Å². The zero-order chi connectivity index (χ0) is 10.5. The van der Waals surface area contributed by atoms with Crippen LogP contribution >= 0.6 is 0 Å². The van der Waals surface area contributed by atoms with Gasteiger partial charge in [0.25, 0.3) is 0 Å². The van der Waals surface area contributed by atoms with Gasteiger partial charge in [0, 0.05) is 27.4 Å². The van der Waals surface area contributed by atoms with Crippen molar-refractivity contribution in [2.45, 2.75) is 12.8 Å². The fourth-order valence-corrected chi connectivity index (χ4v) is 1.01. The highest BCUT2D eigenvalue weighted by Crippen LogP contribution is 1.86. The van der Waals surface area contributed by atoms with Gasteiger partial charge in [-0.3, -0.25) is 0 Å². The van der Waals surface area contributed by atoms with Gasteiger partial charge in [-0.05, 0) is 19.4 Å². The van der Waals surface area contributed by atoms with E-state index in [4.69, 9.17) is 14.2 Å². The highest BCUT2D eigenvalue weighted by Gasteiger charge is 1.89. The summed E-state index contributed by atoms with van der Waals surface area (Å²) in [6, 6.07) is 0. The van der Waals surface area contributed by atoms with E-state index in [0.717, 1.165) is 39.1 Å². The minimum absolute atomic E-state index is 0.674. The summed E-state index contributed by atoms with van der Waals surface area (Å²) in [5.74, 6) is 0. The molecule has 0 heterocycles. The van der Waals surface area contributed by atoms with Crippen molar-refractivity contribution in [3.8, 4) is 0 Å². The van der Waals surface area contributed by atoms with E-state index in [1.807, 2.05) is 0 Å².